The molecule has 7 heteroatoms. The highest BCUT2D eigenvalue weighted by Crippen LogP contribution is 2.22. The number of esters is 1. The summed E-state index contributed by atoms with van der Waals surface area (Å²) in [5.74, 6) is -0.300. The lowest BCUT2D eigenvalue weighted by Gasteiger charge is -2.33. The van der Waals surface area contributed by atoms with E-state index in [2.05, 4.69) is 4.74 Å². The van der Waals surface area contributed by atoms with E-state index >= 15 is 0 Å². The molecule has 0 radical (unpaired) electrons. The van der Waals surface area contributed by atoms with Crippen molar-refractivity contribution in [2.75, 3.05) is 39.8 Å². The van der Waals surface area contributed by atoms with Gasteiger partial charge in [-0.05, 0) is 31.0 Å². The average Bonchev–Trinajstić information content (AvgIpc) is 2.50. The summed E-state index contributed by atoms with van der Waals surface area (Å²) < 4.78 is 31.6. The predicted octanol–water partition coefficient (Wildman–Crippen LogP) is 0.783. The van der Waals surface area contributed by atoms with Gasteiger partial charge < -0.3 is 4.74 Å². The molecule has 0 aromatic heterocycles. The molecular formula is C15H22N2O4S. The first-order valence-corrected chi connectivity index (χ1v) is 8.65. The minimum absolute atomic E-state index is 0.202. The van der Waals surface area contributed by atoms with E-state index in [-0.39, 0.29) is 12.5 Å². The lowest BCUT2D eigenvalue weighted by Crippen LogP contribution is -2.50. The average molecular weight is 326 g/mol. The Morgan fingerprint density at radius 3 is 2.41 bits per heavy atom. The van der Waals surface area contributed by atoms with E-state index in [4.69, 9.17) is 0 Å². The van der Waals surface area contributed by atoms with Crippen molar-refractivity contribution < 1.29 is 17.9 Å². The molecule has 1 heterocycles. The summed E-state index contributed by atoms with van der Waals surface area (Å²) in [5, 5.41) is 0. The number of hydrogen-bond donors (Lipinski definition) is 0. The largest absolute Gasteiger partial charge is 0.468 e. The fourth-order valence-corrected chi connectivity index (χ4v) is 4.23. The molecule has 0 amide bonds. The second kappa shape index (κ2) is 6.76. The number of carbonyl (C=O) groups is 1. The van der Waals surface area contributed by atoms with Gasteiger partial charge in [0, 0.05) is 26.2 Å². The summed E-state index contributed by atoms with van der Waals surface area (Å²) >= 11 is 0. The van der Waals surface area contributed by atoms with Crippen LogP contribution in [0.4, 0.5) is 0 Å². The maximum Gasteiger partial charge on any atom is 0.319 e. The van der Waals surface area contributed by atoms with Gasteiger partial charge in [-0.15, -0.1) is 0 Å². The van der Waals surface area contributed by atoms with Gasteiger partial charge >= 0.3 is 5.97 Å². The second-order valence-corrected chi connectivity index (χ2v) is 7.43. The van der Waals surface area contributed by atoms with Gasteiger partial charge in [0.15, 0.2) is 0 Å². The molecule has 122 valence electrons. The van der Waals surface area contributed by atoms with Crippen LogP contribution >= 0.6 is 0 Å². The van der Waals surface area contributed by atoms with Crippen LogP contribution in [0.2, 0.25) is 0 Å². The molecule has 0 atom stereocenters. The lowest BCUT2D eigenvalue weighted by molar-refractivity contribution is -0.142. The first-order chi connectivity index (χ1) is 10.3. The maximum atomic E-state index is 12.8. The predicted molar refractivity (Wildman–Crippen MR) is 83.1 cm³/mol. The number of nitrogens with zero attached hydrogens (tertiary/aromatic N) is 2. The maximum absolute atomic E-state index is 12.8. The van der Waals surface area contributed by atoms with E-state index < -0.39 is 10.0 Å². The molecule has 22 heavy (non-hydrogen) atoms. The number of benzene rings is 1. The van der Waals surface area contributed by atoms with Crippen molar-refractivity contribution in [3.8, 4) is 0 Å². The van der Waals surface area contributed by atoms with E-state index in [1.807, 2.05) is 24.0 Å². The number of aryl methyl sites for hydroxylation is 2. The fourth-order valence-electron chi connectivity index (χ4n) is 2.50. The van der Waals surface area contributed by atoms with E-state index in [1.165, 1.54) is 11.4 Å². The molecule has 0 saturated carbocycles. The van der Waals surface area contributed by atoms with Crippen LogP contribution in [0.1, 0.15) is 11.1 Å². The van der Waals surface area contributed by atoms with Crippen LogP contribution in [-0.4, -0.2) is 63.4 Å². The third kappa shape index (κ3) is 3.66. The van der Waals surface area contributed by atoms with E-state index in [1.54, 1.807) is 13.0 Å². The van der Waals surface area contributed by atoms with E-state index in [0.29, 0.717) is 31.1 Å². The van der Waals surface area contributed by atoms with Crippen molar-refractivity contribution in [3.63, 3.8) is 0 Å². The summed E-state index contributed by atoms with van der Waals surface area (Å²) in [6.07, 6.45) is 0. The molecule has 0 aliphatic carbocycles. The summed E-state index contributed by atoms with van der Waals surface area (Å²) in [5.41, 5.74) is 1.68. The Labute approximate surface area is 131 Å². The number of methoxy groups -OCH3 is 1. The molecule has 0 N–H and O–H groups in total. The van der Waals surface area contributed by atoms with Crippen LogP contribution in [0.25, 0.3) is 0 Å². The Bertz CT molecular complexity index is 650. The Morgan fingerprint density at radius 2 is 1.82 bits per heavy atom. The number of piperazine rings is 1. The molecule has 1 saturated heterocycles. The third-order valence-corrected chi connectivity index (χ3v) is 5.91. The zero-order chi connectivity index (χ0) is 16.3. The molecular weight excluding hydrogens is 304 g/mol. The minimum Gasteiger partial charge on any atom is -0.468 e. The molecule has 0 bridgehead atoms. The molecule has 1 aromatic rings. The highest BCUT2D eigenvalue weighted by Gasteiger charge is 2.30. The fraction of sp³-hybridized carbons (Fsp3) is 0.533. The van der Waals surface area contributed by atoms with Crippen LogP contribution in [0.3, 0.4) is 0 Å². The lowest BCUT2D eigenvalue weighted by atomic mass is 10.2. The van der Waals surface area contributed by atoms with Crippen molar-refractivity contribution in [1.29, 1.82) is 0 Å². The minimum atomic E-state index is -3.48. The topological polar surface area (TPSA) is 66.9 Å². The molecule has 0 spiro atoms. The highest BCUT2D eigenvalue weighted by molar-refractivity contribution is 7.89. The standard InChI is InChI=1S/C15H22N2O4S/c1-12-4-5-13(2)14(10-12)22(19,20)17-8-6-16(7-9-17)11-15(18)21-3/h4-5,10H,6-9,11H2,1-3H3. The molecule has 2 rings (SSSR count). The van der Waals surface area contributed by atoms with Gasteiger partial charge in [-0.25, -0.2) is 8.42 Å². The monoisotopic (exact) mass is 326 g/mol. The zero-order valence-electron chi connectivity index (χ0n) is 13.2. The molecule has 6 nitrogen and oxygen atoms in total. The molecule has 1 aliphatic heterocycles. The van der Waals surface area contributed by atoms with Crippen LogP contribution in [0, 0.1) is 13.8 Å². The van der Waals surface area contributed by atoms with Crippen molar-refractivity contribution in [3.05, 3.63) is 29.3 Å². The van der Waals surface area contributed by atoms with Crippen LogP contribution in [-0.2, 0) is 19.6 Å². The van der Waals surface area contributed by atoms with Crippen molar-refractivity contribution in [2.45, 2.75) is 18.7 Å². The van der Waals surface area contributed by atoms with Gasteiger partial charge in [-0.3, -0.25) is 9.69 Å². The third-order valence-electron chi connectivity index (χ3n) is 3.87. The van der Waals surface area contributed by atoms with Gasteiger partial charge in [-0.2, -0.15) is 4.31 Å². The molecule has 1 aromatic carbocycles. The van der Waals surface area contributed by atoms with Crippen molar-refractivity contribution in [1.82, 2.24) is 9.21 Å². The van der Waals surface area contributed by atoms with E-state index in [9.17, 15) is 13.2 Å². The number of carbonyl (C=O) groups excluding carboxylic acids is 1. The first kappa shape index (κ1) is 16.9. The van der Waals surface area contributed by atoms with Gasteiger partial charge in [0.05, 0.1) is 18.6 Å². The number of ether oxygens (including phenoxy) is 1. The zero-order valence-corrected chi connectivity index (χ0v) is 14.0. The Morgan fingerprint density at radius 1 is 1.18 bits per heavy atom. The number of rotatable bonds is 4. The molecule has 1 aliphatic rings. The second-order valence-electron chi connectivity index (χ2n) is 5.53. The van der Waals surface area contributed by atoms with Gasteiger partial charge in [-0.1, -0.05) is 12.1 Å². The summed E-state index contributed by atoms with van der Waals surface area (Å²) in [7, 11) is -2.13. The highest BCUT2D eigenvalue weighted by atomic mass is 32.2. The number of sulfonamides is 1. The van der Waals surface area contributed by atoms with Crippen molar-refractivity contribution >= 4 is 16.0 Å². The smallest absolute Gasteiger partial charge is 0.319 e. The SMILES string of the molecule is COC(=O)CN1CCN(S(=O)(=O)c2cc(C)ccc2C)CC1. The Hall–Kier alpha value is -1.44. The van der Waals surface area contributed by atoms with Crippen LogP contribution < -0.4 is 0 Å². The number of hydrogen-bond acceptors (Lipinski definition) is 5. The Balaban J connectivity index is 2.10. The van der Waals surface area contributed by atoms with Gasteiger partial charge in [0.2, 0.25) is 10.0 Å². The summed E-state index contributed by atoms with van der Waals surface area (Å²) in [4.78, 5) is 13.5. The quantitative estimate of drug-likeness (QED) is 0.765. The summed E-state index contributed by atoms with van der Waals surface area (Å²) in [6.45, 7) is 5.71. The molecule has 0 unspecified atom stereocenters. The van der Waals surface area contributed by atoms with Crippen LogP contribution in [0.15, 0.2) is 23.1 Å². The van der Waals surface area contributed by atoms with Crippen LogP contribution in [0.5, 0.6) is 0 Å². The summed E-state index contributed by atoms with van der Waals surface area (Å²) in [6, 6.07) is 5.45. The first-order valence-electron chi connectivity index (χ1n) is 7.21. The Kier molecular flexibility index (Phi) is 5.20. The molecule has 1 fully saturated rings. The normalized spacial score (nSPS) is 17.4. The van der Waals surface area contributed by atoms with Gasteiger partial charge in [0.1, 0.15) is 0 Å². The van der Waals surface area contributed by atoms with Gasteiger partial charge in [0.25, 0.3) is 0 Å². The van der Waals surface area contributed by atoms with E-state index in [0.717, 1.165) is 11.1 Å². The van der Waals surface area contributed by atoms with Crippen molar-refractivity contribution in [2.24, 2.45) is 0 Å².